The van der Waals surface area contributed by atoms with Crippen LogP contribution in [0.5, 0.6) is 23.0 Å². The second kappa shape index (κ2) is 11.8. The molecule has 0 bridgehead atoms. The molecule has 0 fully saturated rings. The molecule has 0 aliphatic heterocycles. The van der Waals surface area contributed by atoms with E-state index in [1.165, 1.54) is 12.1 Å². The van der Waals surface area contributed by atoms with Gasteiger partial charge in [0.2, 0.25) is 0 Å². The Bertz CT molecular complexity index is 1440. The maximum Gasteiger partial charge on any atom is 0.573 e. The second-order valence-corrected chi connectivity index (χ2v) is 7.18. The average molecular weight is 577 g/mol. The van der Waals surface area contributed by atoms with Crippen LogP contribution in [-0.2, 0) is 6.18 Å². The van der Waals surface area contributed by atoms with Crippen LogP contribution in [-0.4, -0.2) is 30.3 Å². The number of nitrogens with zero attached hydrogens (tertiary/aromatic N) is 2. The van der Waals surface area contributed by atoms with Crippen LogP contribution >= 0.6 is 12.4 Å². The zero-order chi connectivity index (χ0) is 28.3. The summed E-state index contributed by atoms with van der Waals surface area (Å²) < 4.78 is 92.7. The van der Waals surface area contributed by atoms with Gasteiger partial charge in [-0.2, -0.15) is 18.4 Å². The lowest BCUT2D eigenvalue weighted by molar-refractivity contribution is -0.274. The van der Waals surface area contributed by atoms with Gasteiger partial charge in [0.25, 0.3) is 11.8 Å². The first-order valence-corrected chi connectivity index (χ1v) is 10.1. The van der Waals surface area contributed by atoms with E-state index in [-0.39, 0.29) is 35.3 Å². The average Bonchev–Trinajstić information content (AvgIpc) is 2.82. The van der Waals surface area contributed by atoms with Gasteiger partial charge in [-0.15, -0.1) is 25.6 Å². The number of methoxy groups -OCH3 is 1. The zero-order valence-corrected chi connectivity index (χ0v) is 20.1. The van der Waals surface area contributed by atoms with Crippen molar-refractivity contribution in [3.8, 4) is 29.1 Å². The van der Waals surface area contributed by atoms with Gasteiger partial charge in [0, 0.05) is 18.0 Å². The molecule has 16 heteroatoms. The van der Waals surface area contributed by atoms with Gasteiger partial charge in [0.05, 0.1) is 18.2 Å². The van der Waals surface area contributed by atoms with Gasteiger partial charge in [-0.05, 0) is 36.4 Å². The molecule has 0 saturated heterocycles. The molecule has 0 radical (unpaired) electrons. The fourth-order valence-electron chi connectivity index (χ4n) is 3.13. The second-order valence-electron chi connectivity index (χ2n) is 7.18. The van der Waals surface area contributed by atoms with Crippen molar-refractivity contribution in [2.45, 2.75) is 12.5 Å². The third-order valence-corrected chi connectivity index (χ3v) is 4.67. The maximum absolute atomic E-state index is 13.6. The number of primary amides is 1. The Balaban J connectivity index is 0.00000533. The van der Waals surface area contributed by atoms with Crippen molar-refractivity contribution in [1.29, 1.82) is 5.26 Å². The van der Waals surface area contributed by atoms with E-state index >= 15 is 0 Å². The minimum Gasteiger partial charge on any atom is -0.493 e. The third-order valence-electron chi connectivity index (χ3n) is 4.67. The number of halogens is 7. The van der Waals surface area contributed by atoms with Crippen molar-refractivity contribution in [3.05, 3.63) is 71.0 Å². The van der Waals surface area contributed by atoms with Gasteiger partial charge in [-0.1, -0.05) is 0 Å². The zero-order valence-electron chi connectivity index (χ0n) is 19.3. The Kier molecular flexibility index (Phi) is 9.21. The van der Waals surface area contributed by atoms with Gasteiger partial charge in [-0.25, -0.2) is 0 Å². The van der Waals surface area contributed by atoms with E-state index in [9.17, 15) is 41.2 Å². The Hall–Kier alpha value is -4.71. The van der Waals surface area contributed by atoms with Crippen LogP contribution in [0, 0.1) is 11.3 Å². The lowest BCUT2D eigenvalue weighted by Gasteiger charge is -2.18. The van der Waals surface area contributed by atoms with Crippen LogP contribution < -0.4 is 25.3 Å². The highest BCUT2D eigenvalue weighted by Gasteiger charge is 2.37. The third kappa shape index (κ3) is 7.42. The molecule has 2 aromatic carbocycles. The number of amides is 2. The standard InChI is InChI=1S/C23H14F6N4O5.ClH/c1-36-18-9-12(38-23(27,28)29)2-4-16(18)37-17-5-3-14(22(24,25)26)13(10-30)19(17)21(35)33-11-6-7-32-15(8-11)20(31)34;/h2-9H,1H3,(H2,31,34)(H,32,33,35);1H. The molecule has 1 heterocycles. The number of rotatable bonds is 7. The Morgan fingerprint density at radius 3 is 2.23 bits per heavy atom. The van der Waals surface area contributed by atoms with Crippen molar-refractivity contribution < 1.29 is 50.1 Å². The molecule has 0 atom stereocenters. The fourth-order valence-corrected chi connectivity index (χ4v) is 3.13. The number of alkyl halides is 6. The van der Waals surface area contributed by atoms with Gasteiger partial charge in [0.15, 0.2) is 11.5 Å². The number of nitrogens with one attached hydrogen (secondary N) is 1. The van der Waals surface area contributed by atoms with Gasteiger partial charge in [0.1, 0.15) is 28.8 Å². The molecule has 3 aromatic rings. The van der Waals surface area contributed by atoms with Crippen LogP contribution in [0.3, 0.4) is 0 Å². The molecule has 2 amide bonds. The molecule has 0 aliphatic rings. The summed E-state index contributed by atoms with van der Waals surface area (Å²) in [4.78, 5) is 28.1. The molecule has 1 aromatic heterocycles. The lowest BCUT2D eigenvalue weighted by Crippen LogP contribution is -2.19. The number of anilines is 1. The first-order valence-electron chi connectivity index (χ1n) is 10.1. The number of nitrogens with two attached hydrogens (primary N) is 1. The number of nitriles is 1. The predicted molar refractivity (Wildman–Crippen MR) is 124 cm³/mol. The van der Waals surface area contributed by atoms with Gasteiger partial charge in [-0.3, -0.25) is 14.6 Å². The molecule has 0 saturated carbocycles. The fraction of sp³-hybridized carbons (Fsp3) is 0.130. The quantitative estimate of drug-likeness (QED) is 0.357. The highest BCUT2D eigenvalue weighted by atomic mass is 35.5. The summed E-state index contributed by atoms with van der Waals surface area (Å²) in [5, 5.41) is 11.8. The van der Waals surface area contributed by atoms with Crippen LogP contribution in [0.15, 0.2) is 48.7 Å². The maximum atomic E-state index is 13.6. The van der Waals surface area contributed by atoms with Crippen LogP contribution in [0.2, 0.25) is 0 Å². The number of benzene rings is 2. The van der Waals surface area contributed by atoms with E-state index in [0.717, 1.165) is 43.6 Å². The predicted octanol–water partition coefficient (Wildman–Crippen LogP) is 5.44. The molecule has 0 aliphatic carbocycles. The molecular weight excluding hydrogens is 562 g/mol. The SMILES string of the molecule is COc1cc(OC(F)(F)F)ccc1Oc1ccc(C(F)(F)F)c(C#N)c1C(=O)Nc1ccnc(C(N)=O)c1.Cl. The molecule has 39 heavy (non-hydrogen) atoms. The normalized spacial score (nSPS) is 11.0. The molecule has 9 nitrogen and oxygen atoms in total. The molecule has 206 valence electrons. The highest BCUT2D eigenvalue weighted by Crippen LogP contribution is 2.41. The summed E-state index contributed by atoms with van der Waals surface area (Å²) in [6, 6.07) is 7.40. The van der Waals surface area contributed by atoms with Crippen molar-refractivity contribution in [2.24, 2.45) is 5.73 Å². The molecule has 3 N–H and O–H groups in total. The van der Waals surface area contributed by atoms with E-state index in [2.05, 4.69) is 15.0 Å². The van der Waals surface area contributed by atoms with E-state index in [0.29, 0.717) is 6.07 Å². The molecular formula is C23H15ClF6N4O5. The molecule has 0 spiro atoms. The van der Waals surface area contributed by atoms with E-state index < -0.39 is 52.5 Å². The number of carbonyl (C=O) groups excluding carboxylic acids is 2. The van der Waals surface area contributed by atoms with Crippen molar-refractivity contribution >= 4 is 29.9 Å². The summed E-state index contributed by atoms with van der Waals surface area (Å²) >= 11 is 0. The summed E-state index contributed by atoms with van der Waals surface area (Å²) in [6.45, 7) is 0. The Labute approximate surface area is 221 Å². The Morgan fingerprint density at radius 2 is 1.67 bits per heavy atom. The number of carbonyl (C=O) groups is 2. The first kappa shape index (κ1) is 30.5. The van der Waals surface area contributed by atoms with Crippen molar-refractivity contribution in [2.75, 3.05) is 12.4 Å². The first-order chi connectivity index (χ1) is 17.7. The van der Waals surface area contributed by atoms with Crippen molar-refractivity contribution in [1.82, 2.24) is 4.98 Å². The molecule has 0 unspecified atom stereocenters. The smallest absolute Gasteiger partial charge is 0.493 e. The van der Waals surface area contributed by atoms with E-state index in [1.54, 1.807) is 0 Å². The monoisotopic (exact) mass is 576 g/mol. The largest absolute Gasteiger partial charge is 0.573 e. The summed E-state index contributed by atoms with van der Waals surface area (Å²) in [5.41, 5.74) is 1.35. The Morgan fingerprint density at radius 1 is 1.00 bits per heavy atom. The van der Waals surface area contributed by atoms with Gasteiger partial charge < -0.3 is 25.3 Å². The summed E-state index contributed by atoms with van der Waals surface area (Å²) in [5.74, 6) is -4.12. The van der Waals surface area contributed by atoms with Crippen LogP contribution in [0.1, 0.15) is 32.0 Å². The van der Waals surface area contributed by atoms with Crippen LogP contribution in [0.4, 0.5) is 32.0 Å². The topological polar surface area (TPSA) is 137 Å². The summed E-state index contributed by atoms with van der Waals surface area (Å²) in [7, 11) is 1.07. The number of pyridine rings is 1. The van der Waals surface area contributed by atoms with Gasteiger partial charge >= 0.3 is 12.5 Å². The van der Waals surface area contributed by atoms with E-state index in [1.807, 2.05) is 0 Å². The minimum absolute atomic E-state index is 0. The summed E-state index contributed by atoms with van der Waals surface area (Å²) in [6.07, 6.45) is -8.96. The lowest BCUT2D eigenvalue weighted by atomic mass is 9.99. The number of hydrogen-bond donors (Lipinski definition) is 2. The van der Waals surface area contributed by atoms with E-state index in [4.69, 9.17) is 15.2 Å². The minimum atomic E-state index is -5.04. The number of ether oxygens (including phenoxy) is 3. The highest BCUT2D eigenvalue weighted by molar-refractivity contribution is 6.08. The molecule has 3 rings (SSSR count). The number of hydrogen-bond acceptors (Lipinski definition) is 7. The van der Waals surface area contributed by atoms with Crippen LogP contribution in [0.25, 0.3) is 0 Å². The van der Waals surface area contributed by atoms with Crippen molar-refractivity contribution in [3.63, 3.8) is 0 Å². The number of aromatic nitrogens is 1.